The molecule has 1 aromatic rings. The number of aryl methyl sites for hydroxylation is 1. The minimum Gasteiger partial charge on any atom is -0.384 e. The van der Waals surface area contributed by atoms with Gasteiger partial charge in [0.2, 0.25) is 0 Å². The van der Waals surface area contributed by atoms with Crippen molar-refractivity contribution in [1.82, 2.24) is 0 Å². The second kappa shape index (κ2) is 5.41. The molecule has 2 heteroatoms. The van der Waals surface area contributed by atoms with Gasteiger partial charge in [-0.05, 0) is 24.5 Å². The number of nitrogens with one attached hydrogen (secondary N) is 1. The molecule has 0 aliphatic heterocycles. The lowest BCUT2D eigenvalue weighted by Crippen LogP contribution is -2.11. The SMILES string of the molecule is CCC(C)CNc1cccc(C)c1C#N. The molecule has 0 heterocycles. The molecule has 1 atom stereocenters. The Morgan fingerprint density at radius 3 is 2.80 bits per heavy atom. The van der Waals surface area contributed by atoms with Crippen molar-refractivity contribution in [2.45, 2.75) is 27.2 Å². The number of rotatable bonds is 4. The van der Waals surface area contributed by atoms with Crippen LogP contribution in [0, 0.1) is 24.2 Å². The van der Waals surface area contributed by atoms with Crippen molar-refractivity contribution in [3.05, 3.63) is 29.3 Å². The van der Waals surface area contributed by atoms with Gasteiger partial charge < -0.3 is 5.32 Å². The van der Waals surface area contributed by atoms with E-state index < -0.39 is 0 Å². The number of nitrogens with zero attached hydrogens (tertiary/aromatic N) is 1. The molecule has 0 amide bonds. The Morgan fingerprint density at radius 1 is 1.47 bits per heavy atom. The number of benzene rings is 1. The van der Waals surface area contributed by atoms with Crippen molar-refractivity contribution in [1.29, 1.82) is 5.26 Å². The number of nitriles is 1. The lowest BCUT2D eigenvalue weighted by atomic mass is 10.1. The Balaban J connectivity index is 2.77. The van der Waals surface area contributed by atoms with Crippen LogP contribution in [0.4, 0.5) is 5.69 Å². The summed E-state index contributed by atoms with van der Waals surface area (Å²) < 4.78 is 0. The zero-order valence-corrected chi connectivity index (χ0v) is 9.67. The van der Waals surface area contributed by atoms with Crippen LogP contribution in [0.2, 0.25) is 0 Å². The molecule has 0 bridgehead atoms. The molecule has 0 aromatic heterocycles. The van der Waals surface area contributed by atoms with Crippen LogP contribution >= 0.6 is 0 Å². The van der Waals surface area contributed by atoms with E-state index in [9.17, 15) is 0 Å². The molecule has 0 radical (unpaired) electrons. The summed E-state index contributed by atoms with van der Waals surface area (Å²) in [6, 6.07) is 8.16. The van der Waals surface area contributed by atoms with E-state index in [1.807, 2.05) is 25.1 Å². The van der Waals surface area contributed by atoms with Crippen LogP contribution in [0.5, 0.6) is 0 Å². The van der Waals surface area contributed by atoms with Gasteiger partial charge in [0, 0.05) is 6.54 Å². The van der Waals surface area contributed by atoms with Gasteiger partial charge in [0.15, 0.2) is 0 Å². The standard InChI is InChI=1S/C13H18N2/c1-4-10(2)9-15-13-7-5-6-11(3)12(13)8-14/h5-7,10,15H,4,9H2,1-3H3. The maximum Gasteiger partial charge on any atom is 0.102 e. The van der Waals surface area contributed by atoms with Crippen molar-refractivity contribution in [2.24, 2.45) is 5.92 Å². The topological polar surface area (TPSA) is 35.8 Å². The molecule has 1 unspecified atom stereocenters. The summed E-state index contributed by atoms with van der Waals surface area (Å²) >= 11 is 0. The van der Waals surface area contributed by atoms with Crippen molar-refractivity contribution in [2.75, 3.05) is 11.9 Å². The Hall–Kier alpha value is -1.49. The Bertz CT molecular complexity index is 363. The van der Waals surface area contributed by atoms with E-state index in [4.69, 9.17) is 5.26 Å². The fourth-order valence-corrected chi connectivity index (χ4v) is 1.39. The first kappa shape index (κ1) is 11.6. The maximum absolute atomic E-state index is 9.03. The van der Waals surface area contributed by atoms with Crippen LogP contribution in [-0.2, 0) is 0 Å². The van der Waals surface area contributed by atoms with Gasteiger partial charge in [-0.3, -0.25) is 0 Å². The van der Waals surface area contributed by atoms with Gasteiger partial charge >= 0.3 is 0 Å². The van der Waals surface area contributed by atoms with Crippen LogP contribution in [0.25, 0.3) is 0 Å². The number of hydrogen-bond donors (Lipinski definition) is 1. The zero-order valence-electron chi connectivity index (χ0n) is 9.67. The lowest BCUT2D eigenvalue weighted by molar-refractivity contribution is 0.593. The first-order chi connectivity index (χ1) is 7.19. The first-order valence-electron chi connectivity index (χ1n) is 5.42. The van der Waals surface area contributed by atoms with E-state index in [1.165, 1.54) is 0 Å². The highest BCUT2D eigenvalue weighted by Crippen LogP contribution is 2.18. The smallest absolute Gasteiger partial charge is 0.102 e. The molecule has 0 aliphatic carbocycles. The minimum absolute atomic E-state index is 0.636. The molecule has 0 fully saturated rings. The number of hydrogen-bond acceptors (Lipinski definition) is 2. The molecule has 1 rings (SSSR count). The largest absolute Gasteiger partial charge is 0.384 e. The van der Waals surface area contributed by atoms with Crippen LogP contribution in [0.1, 0.15) is 31.4 Å². The second-order valence-corrected chi connectivity index (χ2v) is 4.00. The predicted octanol–water partition coefficient (Wildman–Crippen LogP) is 3.32. The highest BCUT2D eigenvalue weighted by atomic mass is 14.9. The molecule has 2 nitrogen and oxygen atoms in total. The minimum atomic E-state index is 0.636. The first-order valence-corrected chi connectivity index (χ1v) is 5.42. The van der Waals surface area contributed by atoms with Gasteiger partial charge in [0.1, 0.15) is 6.07 Å². The van der Waals surface area contributed by atoms with Gasteiger partial charge in [-0.2, -0.15) is 5.26 Å². The Labute approximate surface area is 91.9 Å². The van der Waals surface area contributed by atoms with Gasteiger partial charge in [-0.1, -0.05) is 32.4 Å². The third kappa shape index (κ3) is 2.99. The van der Waals surface area contributed by atoms with Crippen LogP contribution in [0.3, 0.4) is 0 Å². The third-order valence-corrected chi connectivity index (χ3v) is 2.72. The highest BCUT2D eigenvalue weighted by molar-refractivity contribution is 5.60. The monoisotopic (exact) mass is 202 g/mol. The molecule has 1 aromatic carbocycles. The average molecular weight is 202 g/mol. The lowest BCUT2D eigenvalue weighted by Gasteiger charge is -2.13. The molecule has 0 saturated carbocycles. The van der Waals surface area contributed by atoms with Crippen molar-refractivity contribution >= 4 is 5.69 Å². The van der Waals surface area contributed by atoms with Crippen molar-refractivity contribution in [3.8, 4) is 6.07 Å². The molecule has 0 saturated heterocycles. The van der Waals surface area contributed by atoms with E-state index in [2.05, 4.69) is 25.2 Å². The molecular weight excluding hydrogens is 184 g/mol. The van der Waals surface area contributed by atoms with Gasteiger partial charge in [0.25, 0.3) is 0 Å². The van der Waals surface area contributed by atoms with Crippen LogP contribution < -0.4 is 5.32 Å². The van der Waals surface area contributed by atoms with E-state index in [-0.39, 0.29) is 0 Å². The van der Waals surface area contributed by atoms with E-state index in [0.717, 1.165) is 29.8 Å². The Morgan fingerprint density at radius 2 is 2.20 bits per heavy atom. The zero-order chi connectivity index (χ0) is 11.3. The molecule has 80 valence electrons. The molecule has 1 N–H and O–H groups in total. The quantitative estimate of drug-likeness (QED) is 0.813. The normalized spacial score (nSPS) is 11.9. The van der Waals surface area contributed by atoms with Gasteiger partial charge in [-0.15, -0.1) is 0 Å². The highest BCUT2D eigenvalue weighted by Gasteiger charge is 2.05. The summed E-state index contributed by atoms with van der Waals surface area (Å²) in [5.41, 5.74) is 2.75. The molecule has 0 aliphatic rings. The Kier molecular flexibility index (Phi) is 4.17. The molecule has 0 spiro atoms. The molecular formula is C13H18N2. The van der Waals surface area contributed by atoms with E-state index >= 15 is 0 Å². The summed E-state index contributed by atoms with van der Waals surface area (Å²) in [5.74, 6) is 0.636. The van der Waals surface area contributed by atoms with Crippen LogP contribution in [-0.4, -0.2) is 6.54 Å². The summed E-state index contributed by atoms with van der Waals surface area (Å²) in [4.78, 5) is 0. The summed E-state index contributed by atoms with van der Waals surface area (Å²) in [7, 11) is 0. The van der Waals surface area contributed by atoms with Crippen molar-refractivity contribution < 1.29 is 0 Å². The summed E-state index contributed by atoms with van der Waals surface area (Å²) in [6.45, 7) is 7.27. The van der Waals surface area contributed by atoms with Gasteiger partial charge in [-0.25, -0.2) is 0 Å². The summed E-state index contributed by atoms with van der Waals surface area (Å²) in [5, 5.41) is 12.4. The predicted molar refractivity (Wildman–Crippen MR) is 63.8 cm³/mol. The van der Waals surface area contributed by atoms with E-state index in [1.54, 1.807) is 0 Å². The fourth-order valence-electron chi connectivity index (χ4n) is 1.39. The summed E-state index contributed by atoms with van der Waals surface area (Å²) in [6.07, 6.45) is 1.15. The van der Waals surface area contributed by atoms with Crippen molar-refractivity contribution in [3.63, 3.8) is 0 Å². The fraction of sp³-hybridized carbons (Fsp3) is 0.462. The average Bonchev–Trinajstić information content (AvgIpc) is 2.25. The number of anilines is 1. The van der Waals surface area contributed by atoms with E-state index in [0.29, 0.717) is 5.92 Å². The second-order valence-electron chi connectivity index (χ2n) is 4.00. The maximum atomic E-state index is 9.03. The van der Waals surface area contributed by atoms with Gasteiger partial charge in [0.05, 0.1) is 11.3 Å². The molecule has 15 heavy (non-hydrogen) atoms. The third-order valence-electron chi connectivity index (χ3n) is 2.72. The van der Waals surface area contributed by atoms with Crippen LogP contribution in [0.15, 0.2) is 18.2 Å².